The van der Waals surface area contributed by atoms with Gasteiger partial charge in [0.25, 0.3) is 5.91 Å². The van der Waals surface area contributed by atoms with Crippen LogP contribution in [0.3, 0.4) is 0 Å². The molecule has 0 radical (unpaired) electrons. The first-order valence-electron chi connectivity index (χ1n) is 5.01. The Morgan fingerprint density at radius 3 is 3.20 bits per heavy atom. The van der Waals surface area contributed by atoms with Crippen LogP contribution < -0.4 is 10.6 Å². The summed E-state index contributed by atoms with van der Waals surface area (Å²) in [5.41, 5.74) is 0.555. The molecule has 4 nitrogen and oxygen atoms in total. The Kier molecular flexibility index (Phi) is 3.43. The molecule has 1 saturated heterocycles. The van der Waals surface area contributed by atoms with Gasteiger partial charge in [-0.2, -0.15) is 0 Å². The normalized spacial score (nSPS) is 20.5. The molecule has 5 heteroatoms. The monoisotopic (exact) mass is 272 g/mol. The van der Waals surface area contributed by atoms with Crippen molar-refractivity contribution in [3.05, 3.63) is 22.6 Å². The maximum Gasteiger partial charge on any atom is 0.254 e. The molecule has 0 bridgehead atoms. The van der Waals surface area contributed by atoms with Gasteiger partial charge in [0, 0.05) is 18.7 Å². The second kappa shape index (κ2) is 4.81. The SMILES string of the molecule is O=C(NCC1CCCN1)c1coc(Br)c1. The lowest BCUT2D eigenvalue weighted by atomic mass is 10.2. The van der Waals surface area contributed by atoms with Crippen LogP contribution in [0.15, 0.2) is 21.4 Å². The Bertz CT molecular complexity index is 345. The zero-order chi connectivity index (χ0) is 10.7. The Morgan fingerprint density at radius 1 is 1.73 bits per heavy atom. The minimum absolute atomic E-state index is 0.0850. The van der Waals surface area contributed by atoms with Gasteiger partial charge in [0.15, 0.2) is 4.67 Å². The van der Waals surface area contributed by atoms with Gasteiger partial charge in [-0.05, 0) is 35.3 Å². The Hall–Kier alpha value is -0.810. The molecule has 1 aromatic rings. The van der Waals surface area contributed by atoms with Crippen molar-refractivity contribution in [1.29, 1.82) is 0 Å². The van der Waals surface area contributed by atoms with E-state index >= 15 is 0 Å². The molecule has 0 spiro atoms. The van der Waals surface area contributed by atoms with E-state index in [-0.39, 0.29) is 5.91 Å². The predicted octanol–water partition coefficient (Wildman–Crippen LogP) is 1.52. The molecule has 0 saturated carbocycles. The van der Waals surface area contributed by atoms with Gasteiger partial charge in [-0.3, -0.25) is 4.79 Å². The molecule has 15 heavy (non-hydrogen) atoms. The fraction of sp³-hybridized carbons (Fsp3) is 0.500. The molecule has 1 unspecified atom stereocenters. The fourth-order valence-electron chi connectivity index (χ4n) is 1.68. The molecule has 1 amide bonds. The molecule has 1 fully saturated rings. The number of furan rings is 1. The minimum Gasteiger partial charge on any atom is -0.457 e. The Labute approximate surface area is 96.5 Å². The van der Waals surface area contributed by atoms with Gasteiger partial charge in [-0.1, -0.05) is 0 Å². The van der Waals surface area contributed by atoms with Crippen LogP contribution in [0.2, 0.25) is 0 Å². The third-order valence-electron chi connectivity index (χ3n) is 2.50. The highest BCUT2D eigenvalue weighted by Gasteiger charge is 2.15. The highest BCUT2D eigenvalue weighted by atomic mass is 79.9. The fourth-order valence-corrected chi connectivity index (χ4v) is 2.02. The molecule has 0 aromatic carbocycles. The van der Waals surface area contributed by atoms with Crippen LogP contribution in [0.25, 0.3) is 0 Å². The van der Waals surface area contributed by atoms with Crippen molar-refractivity contribution >= 4 is 21.8 Å². The lowest BCUT2D eigenvalue weighted by molar-refractivity contribution is 0.0949. The van der Waals surface area contributed by atoms with Gasteiger partial charge in [-0.15, -0.1) is 0 Å². The maximum absolute atomic E-state index is 11.6. The van der Waals surface area contributed by atoms with Gasteiger partial charge < -0.3 is 15.1 Å². The number of hydrogen-bond donors (Lipinski definition) is 2. The summed E-state index contributed by atoms with van der Waals surface area (Å²) in [5, 5.41) is 6.19. The topological polar surface area (TPSA) is 54.3 Å². The quantitative estimate of drug-likeness (QED) is 0.878. The summed E-state index contributed by atoms with van der Waals surface area (Å²) in [4.78, 5) is 11.6. The van der Waals surface area contributed by atoms with Crippen LogP contribution in [-0.4, -0.2) is 25.0 Å². The van der Waals surface area contributed by atoms with Crippen molar-refractivity contribution in [2.45, 2.75) is 18.9 Å². The molecule has 2 N–H and O–H groups in total. The molecule has 2 rings (SSSR count). The number of hydrogen-bond acceptors (Lipinski definition) is 3. The Balaban J connectivity index is 1.81. The average Bonchev–Trinajstić information content (AvgIpc) is 2.84. The summed E-state index contributed by atoms with van der Waals surface area (Å²) >= 11 is 3.16. The number of carbonyl (C=O) groups is 1. The highest BCUT2D eigenvalue weighted by molar-refractivity contribution is 9.10. The van der Waals surface area contributed by atoms with Crippen LogP contribution in [0, 0.1) is 0 Å². The standard InChI is InChI=1S/C10H13BrN2O2/c11-9-4-7(6-15-9)10(14)13-5-8-2-1-3-12-8/h4,6,8,12H,1-3,5H2,(H,13,14). The van der Waals surface area contributed by atoms with Crippen molar-refractivity contribution in [2.75, 3.05) is 13.1 Å². The van der Waals surface area contributed by atoms with Crippen molar-refractivity contribution in [3.63, 3.8) is 0 Å². The number of carbonyl (C=O) groups excluding carboxylic acids is 1. The third kappa shape index (κ3) is 2.82. The number of nitrogens with one attached hydrogen (secondary N) is 2. The summed E-state index contributed by atoms with van der Waals surface area (Å²) in [5.74, 6) is -0.0850. The summed E-state index contributed by atoms with van der Waals surface area (Å²) in [6.07, 6.45) is 3.77. The molecule has 82 valence electrons. The number of amides is 1. The zero-order valence-corrected chi connectivity index (χ0v) is 9.84. The van der Waals surface area contributed by atoms with Gasteiger partial charge in [-0.25, -0.2) is 0 Å². The number of halogens is 1. The van der Waals surface area contributed by atoms with E-state index < -0.39 is 0 Å². The first-order valence-corrected chi connectivity index (χ1v) is 5.80. The first kappa shape index (κ1) is 10.7. The van der Waals surface area contributed by atoms with Crippen molar-refractivity contribution < 1.29 is 9.21 Å². The molecular formula is C10H13BrN2O2. The molecule has 2 heterocycles. The summed E-state index contributed by atoms with van der Waals surface area (Å²) in [6.45, 7) is 1.74. The van der Waals surface area contributed by atoms with Crippen molar-refractivity contribution in [2.24, 2.45) is 0 Å². The van der Waals surface area contributed by atoms with Gasteiger partial charge >= 0.3 is 0 Å². The summed E-state index contributed by atoms with van der Waals surface area (Å²) < 4.78 is 5.57. The van der Waals surface area contributed by atoms with Crippen LogP contribution in [0.1, 0.15) is 23.2 Å². The predicted molar refractivity (Wildman–Crippen MR) is 59.8 cm³/mol. The highest BCUT2D eigenvalue weighted by Crippen LogP contribution is 2.13. The van der Waals surface area contributed by atoms with E-state index in [9.17, 15) is 4.79 Å². The van der Waals surface area contributed by atoms with Crippen LogP contribution in [-0.2, 0) is 0 Å². The van der Waals surface area contributed by atoms with Crippen LogP contribution in [0.5, 0.6) is 0 Å². The van der Waals surface area contributed by atoms with Gasteiger partial charge in [0.05, 0.1) is 5.56 Å². The van der Waals surface area contributed by atoms with Gasteiger partial charge in [0.1, 0.15) is 6.26 Å². The smallest absolute Gasteiger partial charge is 0.254 e. The molecule has 0 aliphatic carbocycles. The molecule has 1 aliphatic rings. The summed E-state index contributed by atoms with van der Waals surface area (Å²) in [6, 6.07) is 2.08. The number of rotatable bonds is 3. The van der Waals surface area contributed by atoms with Gasteiger partial charge in [0.2, 0.25) is 0 Å². The third-order valence-corrected chi connectivity index (χ3v) is 2.92. The van der Waals surface area contributed by atoms with E-state index in [0.29, 0.717) is 22.8 Å². The minimum atomic E-state index is -0.0850. The van der Waals surface area contributed by atoms with E-state index in [1.165, 1.54) is 12.7 Å². The van der Waals surface area contributed by atoms with Crippen LogP contribution >= 0.6 is 15.9 Å². The molecule has 1 aliphatic heterocycles. The average molecular weight is 273 g/mol. The summed E-state index contributed by atoms with van der Waals surface area (Å²) in [7, 11) is 0. The van der Waals surface area contributed by atoms with Crippen molar-refractivity contribution in [1.82, 2.24) is 10.6 Å². The van der Waals surface area contributed by atoms with Crippen LogP contribution in [0.4, 0.5) is 0 Å². The maximum atomic E-state index is 11.6. The second-order valence-corrected chi connectivity index (χ2v) is 4.42. The molecule has 1 atom stereocenters. The van der Waals surface area contributed by atoms with E-state index in [1.807, 2.05) is 0 Å². The van der Waals surface area contributed by atoms with Crippen molar-refractivity contribution in [3.8, 4) is 0 Å². The molecular weight excluding hydrogens is 260 g/mol. The first-order chi connectivity index (χ1) is 7.25. The van der Waals surface area contributed by atoms with E-state index in [2.05, 4.69) is 26.6 Å². The second-order valence-electron chi connectivity index (χ2n) is 3.64. The zero-order valence-electron chi connectivity index (χ0n) is 8.25. The molecule has 1 aromatic heterocycles. The lowest BCUT2D eigenvalue weighted by Gasteiger charge is -2.10. The van der Waals surface area contributed by atoms with E-state index in [0.717, 1.165) is 13.0 Å². The Morgan fingerprint density at radius 2 is 2.60 bits per heavy atom. The lowest BCUT2D eigenvalue weighted by Crippen LogP contribution is -2.36. The van der Waals surface area contributed by atoms with E-state index in [1.54, 1.807) is 6.07 Å². The van der Waals surface area contributed by atoms with E-state index in [4.69, 9.17) is 4.42 Å². The largest absolute Gasteiger partial charge is 0.457 e.